The number of thiophene rings is 1. The van der Waals surface area contributed by atoms with Crippen LogP contribution in [-0.4, -0.2) is 11.8 Å². The fourth-order valence-electron chi connectivity index (χ4n) is 3.61. The molecule has 2 rings (SSSR count). The fraction of sp³-hybridized carbons (Fsp3) is 0.700. The minimum absolute atomic E-state index is 0.00336. The van der Waals surface area contributed by atoms with Crippen molar-refractivity contribution in [1.82, 2.24) is 0 Å². The summed E-state index contributed by atoms with van der Waals surface area (Å²) in [4.78, 5) is 25.4. The minimum Gasteiger partial charge on any atom is -0.365 e. The first-order valence-electron chi connectivity index (χ1n) is 9.80. The molecule has 1 aromatic heterocycles. The van der Waals surface area contributed by atoms with Crippen LogP contribution in [0.25, 0.3) is 0 Å². The summed E-state index contributed by atoms with van der Waals surface area (Å²) in [5, 5.41) is 3.63. The molecule has 25 heavy (non-hydrogen) atoms. The summed E-state index contributed by atoms with van der Waals surface area (Å²) in [6, 6.07) is 0. The first-order chi connectivity index (χ1) is 12.1. The van der Waals surface area contributed by atoms with Crippen molar-refractivity contribution in [3.8, 4) is 0 Å². The molecule has 0 bridgehead atoms. The van der Waals surface area contributed by atoms with Crippen molar-refractivity contribution in [2.45, 2.75) is 84.5 Å². The predicted octanol–water partition coefficient (Wildman–Crippen LogP) is 5.05. The lowest BCUT2D eigenvalue weighted by Crippen LogP contribution is -2.19. The van der Waals surface area contributed by atoms with Crippen molar-refractivity contribution >= 4 is 28.2 Å². The Morgan fingerprint density at radius 1 is 1.16 bits per heavy atom. The Morgan fingerprint density at radius 2 is 1.88 bits per heavy atom. The number of amides is 2. The van der Waals surface area contributed by atoms with E-state index in [2.05, 4.69) is 19.2 Å². The number of hydrogen-bond donors (Lipinski definition) is 2. The SMILES string of the molecule is CCCCCCCCC(=O)Nc1sc2c(c1C(N)=O)CCC(CC)C2. The zero-order valence-corrected chi connectivity index (χ0v) is 16.5. The summed E-state index contributed by atoms with van der Waals surface area (Å²) in [6.45, 7) is 4.41. The highest BCUT2D eigenvalue weighted by Gasteiger charge is 2.27. The third-order valence-electron chi connectivity index (χ3n) is 5.20. The highest BCUT2D eigenvalue weighted by atomic mass is 32.1. The molecule has 5 heteroatoms. The quantitative estimate of drug-likeness (QED) is 0.570. The lowest BCUT2D eigenvalue weighted by molar-refractivity contribution is -0.116. The first kappa shape index (κ1) is 20.0. The van der Waals surface area contributed by atoms with Gasteiger partial charge in [-0.15, -0.1) is 11.3 Å². The average Bonchev–Trinajstić information content (AvgIpc) is 2.94. The van der Waals surface area contributed by atoms with Crippen LogP contribution >= 0.6 is 11.3 Å². The van der Waals surface area contributed by atoms with E-state index in [1.54, 1.807) is 11.3 Å². The molecule has 2 amide bonds. The molecule has 1 heterocycles. The molecule has 3 N–H and O–H groups in total. The zero-order chi connectivity index (χ0) is 18.2. The Labute approximate surface area is 155 Å². The number of hydrogen-bond acceptors (Lipinski definition) is 3. The van der Waals surface area contributed by atoms with Crippen LogP contribution in [-0.2, 0) is 17.6 Å². The van der Waals surface area contributed by atoms with Gasteiger partial charge < -0.3 is 11.1 Å². The highest BCUT2D eigenvalue weighted by molar-refractivity contribution is 7.17. The second kappa shape index (κ2) is 9.95. The van der Waals surface area contributed by atoms with Crippen LogP contribution in [0.3, 0.4) is 0 Å². The minimum atomic E-state index is -0.415. The summed E-state index contributed by atoms with van der Waals surface area (Å²) in [7, 11) is 0. The van der Waals surface area contributed by atoms with Gasteiger partial charge in [0, 0.05) is 11.3 Å². The number of fused-ring (bicyclic) bond motifs is 1. The normalized spacial score (nSPS) is 16.5. The fourth-order valence-corrected chi connectivity index (χ4v) is 4.99. The molecule has 0 aliphatic heterocycles. The van der Waals surface area contributed by atoms with Gasteiger partial charge in [-0.2, -0.15) is 0 Å². The standard InChI is InChI=1S/C20H32N2O2S/c1-3-5-6-7-8-9-10-17(23)22-20-18(19(21)24)15-12-11-14(4-2)13-16(15)25-20/h14H,3-13H2,1-2H3,(H2,21,24)(H,22,23). The zero-order valence-electron chi connectivity index (χ0n) is 15.7. The van der Waals surface area contributed by atoms with Crippen molar-refractivity contribution in [1.29, 1.82) is 0 Å². The van der Waals surface area contributed by atoms with Crippen LogP contribution in [0.15, 0.2) is 0 Å². The van der Waals surface area contributed by atoms with E-state index in [-0.39, 0.29) is 5.91 Å². The largest absolute Gasteiger partial charge is 0.365 e. The van der Waals surface area contributed by atoms with Crippen molar-refractivity contribution < 1.29 is 9.59 Å². The van der Waals surface area contributed by atoms with Gasteiger partial charge in [-0.1, -0.05) is 52.4 Å². The van der Waals surface area contributed by atoms with Crippen molar-refractivity contribution in [3.63, 3.8) is 0 Å². The van der Waals surface area contributed by atoms with Crippen LogP contribution in [0.2, 0.25) is 0 Å². The molecule has 0 aromatic carbocycles. The van der Waals surface area contributed by atoms with Gasteiger partial charge >= 0.3 is 0 Å². The maximum absolute atomic E-state index is 12.3. The number of nitrogens with two attached hydrogens (primary N) is 1. The smallest absolute Gasteiger partial charge is 0.251 e. The Bertz CT molecular complexity index is 595. The summed E-state index contributed by atoms with van der Waals surface area (Å²) in [5.74, 6) is 0.268. The number of anilines is 1. The number of carbonyl (C=O) groups excluding carboxylic acids is 2. The summed E-state index contributed by atoms with van der Waals surface area (Å²) in [6.07, 6.45) is 11.6. The number of unbranched alkanes of at least 4 members (excludes halogenated alkanes) is 5. The third-order valence-corrected chi connectivity index (χ3v) is 6.37. The van der Waals surface area contributed by atoms with Gasteiger partial charge in [-0.05, 0) is 37.2 Å². The van der Waals surface area contributed by atoms with Crippen molar-refractivity contribution in [3.05, 3.63) is 16.0 Å². The Kier molecular flexibility index (Phi) is 7.94. The van der Waals surface area contributed by atoms with E-state index in [0.29, 0.717) is 22.9 Å². The maximum atomic E-state index is 12.3. The van der Waals surface area contributed by atoms with Gasteiger partial charge in [-0.3, -0.25) is 9.59 Å². The van der Waals surface area contributed by atoms with E-state index in [0.717, 1.165) is 44.1 Å². The molecule has 1 aliphatic rings. The van der Waals surface area contributed by atoms with Crippen LogP contribution in [0, 0.1) is 5.92 Å². The summed E-state index contributed by atoms with van der Waals surface area (Å²) < 4.78 is 0. The molecule has 4 nitrogen and oxygen atoms in total. The third kappa shape index (κ3) is 5.56. The van der Waals surface area contributed by atoms with Crippen LogP contribution in [0.5, 0.6) is 0 Å². The predicted molar refractivity (Wildman–Crippen MR) is 105 cm³/mol. The van der Waals surface area contributed by atoms with Crippen LogP contribution < -0.4 is 11.1 Å². The number of rotatable bonds is 10. The molecular formula is C20H32N2O2S. The molecule has 1 aliphatic carbocycles. The molecule has 0 saturated carbocycles. The summed E-state index contributed by atoms with van der Waals surface area (Å²) >= 11 is 1.56. The molecule has 1 unspecified atom stereocenters. The molecule has 1 atom stereocenters. The van der Waals surface area contributed by atoms with Gasteiger partial charge in [-0.25, -0.2) is 0 Å². The number of primary amides is 1. The molecule has 140 valence electrons. The Hall–Kier alpha value is -1.36. The molecule has 0 radical (unpaired) electrons. The molecule has 0 fully saturated rings. The van der Waals surface area contributed by atoms with Crippen LogP contribution in [0.1, 0.15) is 92.4 Å². The van der Waals surface area contributed by atoms with Gasteiger partial charge in [0.1, 0.15) is 5.00 Å². The maximum Gasteiger partial charge on any atom is 0.251 e. The van der Waals surface area contributed by atoms with Gasteiger partial charge in [0.25, 0.3) is 5.91 Å². The van der Waals surface area contributed by atoms with Crippen molar-refractivity contribution in [2.75, 3.05) is 5.32 Å². The van der Waals surface area contributed by atoms with Crippen molar-refractivity contribution in [2.24, 2.45) is 11.7 Å². The van der Waals surface area contributed by atoms with Gasteiger partial charge in [0.05, 0.1) is 5.56 Å². The second-order valence-corrected chi connectivity index (χ2v) is 8.26. The number of carbonyl (C=O) groups is 2. The number of nitrogens with one attached hydrogen (secondary N) is 1. The molecule has 1 aromatic rings. The lowest BCUT2D eigenvalue weighted by Gasteiger charge is -2.20. The average molecular weight is 365 g/mol. The van der Waals surface area contributed by atoms with E-state index in [9.17, 15) is 9.59 Å². The van der Waals surface area contributed by atoms with E-state index in [1.165, 1.54) is 30.6 Å². The Balaban J connectivity index is 1.94. The lowest BCUT2D eigenvalue weighted by atomic mass is 9.85. The van der Waals surface area contributed by atoms with Gasteiger partial charge in [0.2, 0.25) is 5.91 Å². The summed E-state index contributed by atoms with van der Waals surface area (Å²) in [5.41, 5.74) is 7.25. The Morgan fingerprint density at radius 3 is 2.56 bits per heavy atom. The van der Waals surface area contributed by atoms with Gasteiger partial charge in [0.15, 0.2) is 0 Å². The van der Waals surface area contributed by atoms with E-state index < -0.39 is 5.91 Å². The molecular weight excluding hydrogens is 332 g/mol. The molecule has 0 saturated heterocycles. The second-order valence-electron chi connectivity index (χ2n) is 7.16. The highest BCUT2D eigenvalue weighted by Crippen LogP contribution is 2.40. The molecule has 0 spiro atoms. The van der Waals surface area contributed by atoms with E-state index in [1.807, 2.05) is 0 Å². The monoisotopic (exact) mass is 364 g/mol. The van der Waals surface area contributed by atoms with E-state index >= 15 is 0 Å². The van der Waals surface area contributed by atoms with E-state index in [4.69, 9.17) is 5.73 Å². The van der Waals surface area contributed by atoms with Crippen LogP contribution in [0.4, 0.5) is 5.00 Å². The topological polar surface area (TPSA) is 72.2 Å². The first-order valence-corrected chi connectivity index (χ1v) is 10.6.